The highest BCUT2D eigenvalue weighted by atomic mass is 14.8. The molecule has 0 radical (unpaired) electrons. The Morgan fingerprint density at radius 1 is 1.43 bits per heavy atom. The third-order valence-corrected chi connectivity index (χ3v) is 2.04. The van der Waals surface area contributed by atoms with Crippen molar-refractivity contribution in [1.82, 2.24) is 9.97 Å². The SMILES string of the molecule is Cc1nc(C#N)cc2cnc(N)cc12. The average Bonchev–Trinajstić information content (AvgIpc) is 2.19. The van der Waals surface area contributed by atoms with Gasteiger partial charge in [-0.25, -0.2) is 9.97 Å². The van der Waals surface area contributed by atoms with Crippen LogP contribution in [-0.4, -0.2) is 9.97 Å². The highest BCUT2D eigenvalue weighted by Gasteiger charge is 2.02. The molecule has 2 heterocycles. The standard InChI is InChI=1S/C10H8N4/c1-6-9-3-10(12)13-5-7(9)2-8(4-11)14-6/h2-3,5H,1H3,(H2,12,13). The van der Waals surface area contributed by atoms with Gasteiger partial charge in [-0.1, -0.05) is 0 Å². The molecule has 0 fully saturated rings. The van der Waals surface area contributed by atoms with Crippen LogP contribution in [0.1, 0.15) is 11.4 Å². The summed E-state index contributed by atoms with van der Waals surface area (Å²) < 4.78 is 0. The fourth-order valence-electron chi connectivity index (χ4n) is 1.39. The maximum atomic E-state index is 8.72. The number of aromatic nitrogens is 2. The minimum absolute atomic E-state index is 0.404. The van der Waals surface area contributed by atoms with Crippen LogP contribution in [0.3, 0.4) is 0 Å². The van der Waals surface area contributed by atoms with Gasteiger partial charge in [0.1, 0.15) is 17.6 Å². The van der Waals surface area contributed by atoms with Crippen LogP contribution in [0.2, 0.25) is 0 Å². The predicted octanol–water partition coefficient (Wildman–Crippen LogP) is 1.39. The van der Waals surface area contributed by atoms with Crippen molar-refractivity contribution < 1.29 is 0 Å². The summed E-state index contributed by atoms with van der Waals surface area (Å²) in [5.41, 5.74) is 6.76. The van der Waals surface area contributed by atoms with Crippen molar-refractivity contribution >= 4 is 16.6 Å². The summed E-state index contributed by atoms with van der Waals surface area (Å²) in [4.78, 5) is 8.08. The number of nitrogens with two attached hydrogens (primary N) is 1. The van der Waals surface area contributed by atoms with Crippen LogP contribution in [0.4, 0.5) is 5.82 Å². The second-order valence-corrected chi connectivity index (χ2v) is 3.04. The summed E-state index contributed by atoms with van der Waals surface area (Å²) in [6.45, 7) is 1.85. The molecule has 14 heavy (non-hydrogen) atoms. The number of hydrogen-bond donors (Lipinski definition) is 1. The van der Waals surface area contributed by atoms with Crippen LogP contribution in [0, 0.1) is 18.3 Å². The molecule has 0 aliphatic heterocycles. The molecule has 0 aromatic carbocycles. The zero-order valence-corrected chi connectivity index (χ0v) is 7.65. The van der Waals surface area contributed by atoms with E-state index >= 15 is 0 Å². The van der Waals surface area contributed by atoms with Gasteiger partial charge in [-0.2, -0.15) is 5.26 Å². The summed E-state index contributed by atoms with van der Waals surface area (Å²) in [5.74, 6) is 0.465. The van der Waals surface area contributed by atoms with Gasteiger partial charge in [0, 0.05) is 22.7 Å². The number of hydrogen-bond acceptors (Lipinski definition) is 4. The molecule has 0 unspecified atom stereocenters. The quantitative estimate of drug-likeness (QED) is 0.671. The summed E-state index contributed by atoms with van der Waals surface area (Å²) in [5, 5.41) is 10.6. The summed E-state index contributed by atoms with van der Waals surface area (Å²) >= 11 is 0. The van der Waals surface area contributed by atoms with Crippen molar-refractivity contribution in [2.75, 3.05) is 5.73 Å². The molecular formula is C10H8N4. The molecule has 2 aromatic rings. The van der Waals surface area contributed by atoms with Gasteiger partial charge in [0.2, 0.25) is 0 Å². The highest BCUT2D eigenvalue weighted by molar-refractivity contribution is 5.86. The molecule has 0 spiro atoms. The molecule has 68 valence electrons. The van der Waals surface area contributed by atoms with Gasteiger partial charge in [0.05, 0.1) is 0 Å². The number of anilines is 1. The predicted molar refractivity (Wildman–Crippen MR) is 53.4 cm³/mol. The lowest BCUT2D eigenvalue weighted by Gasteiger charge is -2.02. The maximum absolute atomic E-state index is 8.72. The molecule has 2 N–H and O–H groups in total. The third-order valence-electron chi connectivity index (χ3n) is 2.04. The van der Waals surface area contributed by atoms with Crippen LogP contribution in [0.25, 0.3) is 10.8 Å². The maximum Gasteiger partial charge on any atom is 0.141 e. The summed E-state index contributed by atoms with van der Waals surface area (Å²) in [6.07, 6.45) is 1.65. The van der Waals surface area contributed by atoms with Crippen LogP contribution in [0.15, 0.2) is 18.3 Å². The lowest BCUT2D eigenvalue weighted by molar-refractivity contribution is 1.19. The Bertz CT molecular complexity index is 540. The number of nitriles is 1. The largest absolute Gasteiger partial charge is 0.384 e. The number of nitrogen functional groups attached to an aromatic ring is 1. The van der Waals surface area contributed by atoms with Gasteiger partial charge in [-0.05, 0) is 19.1 Å². The Hall–Kier alpha value is -2.15. The van der Waals surface area contributed by atoms with E-state index in [4.69, 9.17) is 11.0 Å². The fourth-order valence-corrected chi connectivity index (χ4v) is 1.39. The molecule has 0 aliphatic rings. The molecule has 2 aromatic heterocycles. The number of fused-ring (bicyclic) bond motifs is 1. The Kier molecular flexibility index (Phi) is 1.79. The number of pyridine rings is 2. The Morgan fingerprint density at radius 3 is 2.93 bits per heavy atom. The molecule has 0 amide bonds. The van der Waals surface area contributed by atoms with E-state index < -0.39 is 0 Å². The number of nitrogens with zero attached hydrogens (tertiary/aromatic N) is 3. The molecule has 0 saturated carbocycles. The minimum atomic E-state index is 0.404. The second-order valence-electron chi connectivity index (χ2n) is 3.04. The smallest absolute Gasteiger partial charge is 0.141 e. The van der Waals surface area contributed by atoms with Crippen LogP contribution < -0.4 is 5.73 Å². The first-order valence-corrected chi connectivity index (χ1v) is 4.13. The summed E-state index contributed by atoms with van der Waals surface area (Å²) in [7, 11) is 0. The van der Waals surface area contributed by atoms with Crippen molar-refractivity contribution in [3.8, 4) is 6.07 Å². The first-order valence-electron chi connectivity index (χ1n) is 4.13. The highest BCUT2D eigenvalue weighted by Crippen LogP contribution is 2.18. The second kappa shape index (κ2) is 2.96. The van der Waals surface area contributed by atoms with Crippen LogP contribution >= 0.6 is 0 Å². The van der Waals surface area contributed by atoms with Gasteiger partial charge in [0.15, 0.2) is 0 Å². The molecular weight excluding hydrogens is 176 g/mol. The minimum Gasteiger partial charge on any atom is -0.384 e. The van der Waals surface area contributed by atoms with Crippen molar-refractivity contribution in [2.24, 2.45) is 0 Å². The summed E-state index contributed by atoms with van der Waals surface area (Å²) in [6, 6.07) is 5.47. The van der Waals surface area contributed by atoms with E-state index in [1.54, 1.807) is 18.3 Å². The van der Waals surface area contributed by atoms with Gasteiger partial charge in [-0.15, -0.1) is 0 Å². The topological polar surface area (TPSA) is 75.6 Å². The third kappa shape index (κ3) is 1.25. The zero-order chi connectivity index (χ0) is 10.1. The lowest BCUT2D eigenvalue weighted by atomic mass is 10.1. The molecule has 4 heteroatoms. The van der Waals surface area contributed by atoms with Crippen molar-refractivity contribution in [3.63, 3.8) is 0 Å². The van der Waals surface area contributed by atoms with Gasteiger partial charge < -0.3 is 5.73 Å². The van der Waals surface area contributed by atoms with E-state index in [2.05, 4.69) is 9.97 Å². The molecule has 0 atom stereocenters. The Labute approximate surface area is 81.0 Å². The van der Waals surface area contributed by atoms with Gasteiger partial charge >= 0.3 is 0 Å². The van der Waals surface area contributed by atoms with Crippen molar-refractivity contribution in [3.05, 3.63) is 29.7 Å². The monoisotopic (exact) mass is 184 g/mol. The zero-order valence-electron chi connectivity index (χ0n) is 7.65. The fraction of sp³-hybridized carbons (Fsp3) is 0.100. The van der Waals surface area contributed by atoms with E-state index in [-0.39, 0.29) is 0 Å². The van der Waals surface area contributed by atoms with Crippen LogP contribution in [-0.2, 0) is 0 Å². The van der Waals surface area contributed by atoms with Gasteiger partial charge in [-0.3, -0.25) is 0 Å². The van der Waals surface area contributed by atoms with E-state index in [1.165, 1.54) is 0 Å². The average molecular weight is 184 g/mol. The lowest BCUT2D eigenvalue weighted by Crippen LogP contribution is -1.93. The first-order chi connectivity index (χ1) is 6.70. The first kappa shape index (κ1) is 8.45. The normalized spacial score (nSPS) is 10.0. The van der Waals surface area contributed by atoms with E-state index in [0.29, 0.717) is 11.5 Å². The van der Waals surface area contributed by atoms with E-state index in [0.717, 1.165) is 16.5 Å². The molecule has 0 bridgehead atoms. The Morgan fingerprint density at radius 2 is 2.21 bits per heavy atom. The van der Waals surface area contributed by atoms with Crippen molar-refractivity contribution in [2.45, 2.75) is 6.92 Å². The number of rotatable bonds is 0. The van der Waals surface area contributed by atoms with Gasteiger partial charge in [0.25, 0.3) is 0 Å². The molecule has 0 aliphatic carbocycles. The molecule has 2 rings (SSSR count). The molecule has 0 saturated heterocycles. The molecule has 4 nitrogen and oxygen atoms in total. The van der Waals surface area contributed by atoms with E-state index in [1.807, 2.05) is 13.0 Å². The van der Waals surface area contributed by atoms with E-state index in [9.17, 15) is 0 Å². The number of aryl methyl sites for hydroxylation is 1. The van der Waals surface area contributed by atoms with Crippen LogP contribution in [0.5, 0.6) is 0 Å². The Balaban J connectivity index is 2.84. The van der Waals surface area contributed by atoms with Crippen molar-refractivity contribution in [1.29, 1.82) is 5.26 Å².